The van der Waals surface area contributed by atoms with Crippen molar-refractivity contribution >= 4 is 24.8 Å². The van der Waals surface area contributed by atoms with Gasteiger partial charge in [0.1, 0.15) is 0 Å². The minimum Gasteiger partial charge on any atom is -0.400 e. The summed E-state index contributed by atoms with van der Waals surface area (Å²) in [5, 5.41) is 7.00. The SMILES string of the molecule is CC1=[C-]C(C)(C)C(C)=C1C.CO.Cl.Cl.[Ti]. The molecule has 0 aliphatic heterocycles. The van der Waals surface area contributed by atoms with Crippen LogP contribution in [0.1, 0.15) is 34.6 Å². The second-order valence-corrected chi connectivity index (χ2v) is 3.62. The molecule has 0 unspecified atom stereocenters. The van der Waals surface area contributed by atoms with Crippen molar-refractivity contribution in [2.75, 3.05) is 7.11 Å². The Labute approximate surface area is 121 Å². The molecule has 0 radical (unpaired) electrons. The van der Waals surface area contributed by atoms with Gasteiger partial charge in [-0.05, 0) is 0 Å². The molecule has 0 amide bonds. The van der Waals surface area contributed by atoms with Crippen LogP contribution >= 0.6 is 24.8 Å². The summed E-state index contributed by atoms with van der Waals surface area (Å²) in [6, 6.07) is 0. The van der Waals surface area contributed by atoms with E-state index in [0.29, 0.717) is 0 Å². The third-order valence-electron chi connectivity index (χ3n) is 2.56. The fraction of sp³-hybridized carbons (Fsp3) is 0.636. The van der Waals surface area contributed by atoms with E-state index in [-0.39, 0.29) is 51.9 Å². The smallest absolute Gasteiger partial charge is 0.0319 e. The van der Waals surface area contributed by atoms with Crippen LogP contribution in [-0.4, -0.2) is 12.2 Å². The van der Waals surface area contributed by atoms with Crippen molar-refractivity contribution in [1.29, 1.82) is 0 Å². The third-order valence-corrected chi connectivity index (χ3v) is 2.56. The molecule has 4 heteroatoms. The van der Waals surface area contributed by atoms with E-state index in [4.69, 9.17) is 5.11 Å². The maximum atomic E-state index is 7.00. The minimum atomic E-state index is 0. The molecule has 0 saturated carbocycles. The largest absolute Gasteiger partial charge is 0.400 e. The molecule has 1 aliphatic rings. The molecule has 15 heavy (non-hydrogen) atoms. The summed E-state index contributed by atoms with van der Waals surface area (Å²) in [6.45, 7) is 10.9. The van der Waals surface area contributed by atoms with Crippen LogP contribution in [0.15, 0.2) is 16.7 Å². The van der Waals surface area contributed by atoms with E-state index in [1.165, 1.54) is 16.7 Å². The van der Waals surface area contributed by atoms with Crippen LogP contribution in [-0.2, 0) is 21.7 Å². The van der Waals surface area contributed by atoms with Gasteiger partial charge in [-0.25, -0.2) is 5.57 Å². The van der Waals surface area contributed by atoms with Gasteiger partial charge in [-0.3, -0.25) is 6.08 Å². The van der Waals surface area contributed by atoms with E-state index >= 15 is 0 Å². The molecule has 0 heterocycles. The summed E-state index contributed by atoms with van der Waals surface area (Å²) in [4.78, 5) is 0. The molecule has 0 fully saturated rings. The number of halogens is 2. The van der Waals surface area contributed by atoms with Crippen molar-refractivity contribution in [3.8, 4) is 0 Å². The molecule has 1 N–H and O–H groups in total. The average Bonchev–Trinajstić information content (AvgIpc) is 2.19. The van der Waals surface area contributed by atoms with Crippen LogP contribution in [0.4, 0.5) is 0 Å². The zero-order valence-electron chi connectivity index (χ0n) is 10.3. The second-order valence-electron chi connectivity index (χ2n) is 3.62. The van der Waals surface area contributed by atoms with Gasteiger partial charge < -0.3 is 5.11 Å². The van der Waals surface area contributed by atoms with Crippen LogP contribution in [0.2, 0.25) is 0 Å². The van der Waals surface area contributed by atoms with Crippen LogP contribution in [0, 0.1) is 11.5 Å². The Morgan fingerprint density at radius 1 is 1.00 bits per heavy atom. The van der Waals surface area contributed by atoms with E-state index in [9.17, 15) is 0 Å². The number of allylic oxidation sites excluding steroid dienone is 4. The number of hydrogen-bond donors (Lipinski definition) is 1. The predicted octanol–water partition coefficient (Wildman–Crippen LogP) is 3.56. The van der Waals surface area contributed by atoms with Crippen LogP contribution < -0.4 is 0 Å². The van der Waals surface area contributed by atoms with Gasteiger partial charge in [0.15, 0.2) is 0 Å². The Bertz CT molecular complexity index is 233. The minimum absolute atomic E-state index is 0. The number of rotatable bonds is 0. The normalized spacial score (nSPS) is 16.1. The van der Waals surface area contributed by atoms with Crippen molar-refractivity contribution in [3.63, 3.8) is 0 Å². The monoisotopic (exact) mass is 287 g/mol. The molecular formula is C11H21Cl2OTi-. The van der Waals surface area contributed by atoms with Crippen molar-refractivity contribution < 1.29 is 26.8 Å². The Balaban J connectivity index is -0.000000114. The summed E-state index contributed by atoms with van der Waals surface area (Å²) >= 11 is 0. The number of aliphatic hydroxyl groups excluding tert-OH is 1. The predicted molar refractivity (Wildman–Crippen MR) is 67.2 cm³/mol. The van der Waals surface area contributed by atoms with Crippen LogP contribution in [0.3, 0.4) is 0 Å². The molecule has 1 nitrogen and oxygen atoms in total. The first-order valence-electron chi connectivity index (χ1n) is 4.20. The van der Waals surface area contributed by atoms with Crippen molar-refractivity contribution in [1.82, 2.24) is 0 Å². The standard InChI is InChI=1S/C10H15.CH4O.2ClH.Ti/c1-7-6-10(4,5)9(3)8(7)2;1-2;;;/h1-5H3;2H,1H3;2*1H;/q-1;;;;. The van der Waals surface area contributed by atoms with Crippen molar-refractivity contribution in [2.45, 2.75) is 34.6 Å². The first kappa shape index (κ1) is 24.8. The van der Waals surface area contributed by atoms with E-state index < -0.39 is 0 Å². The Hall–Kier alpha value is 0.734. The van der Waals surface area contributed by atoms with Gasteiger partial charge in [-0.1, -0.05) is 33.1 Å². The van der Waals surface area contributed by atoms with E-state index in [0.717, 1.165) is 7.11 Å². The summed E-state index contributed by atoms with van der Waals surface area (Å²) in [6.07, 6.45) is 3.44. The molecular weight excluding hydrogens is 267 g/mol. The first-order chi connectivity index (χ1) is 5.45. The number of aliphatic hydroxyl groups is 1. The molecule has 1 rings (SSSR count). The third kappa shape index (κ3) is 6.14. The maximum absolute atomic E-state index is 7.00. The van der Waals surface area contributed by atoms with Gasteiger partial charge in [-0.15, -0.1) is 31.7 Å². The van der Waals surface area contributed by atoms with Crippen molar-refractivity contribution in [3.05, 3.63) is 22.8 Å². The van der Waals surface area contributed by atoms with Crippen LogP contribution in [0.25, 0.3) is 0 Å². The van der Waals surface area contributed by atoms with Gasteiger partial charge in [0.2, 0.25) is 0 Å². The average molecular weight is 288 g/mol. The van der Waals surface area contributed by atoms with E-state index in [2.05, 4.69) is 40.7 Å². The molecule has 0 aromatic rings. The Morgan fingerprint density at radius 2 is 1.33 bits per heavy atom. The van der Waals surface area contributed by atoms with Gasteiger partial charge in [0.05, 0.1) is 0 Å². The van der Waals surface area contributed by atoms with Gasteiger partial charge in [0, 0.05) is 28.8 Å². The zero-order chi connectivity index (χ0) is 9.94. The summed E-state index contributed by atoms with van der Waals surface area (Å²) in [7, 11) is 1.00. The van der Waals surface area contributed by atoms with Crippen LogP contribution in [0.5, 0.6) is 0 Å². The summed E-state index contributed by atoms with van der Waals surface area (Å²) in [5.74, 6) is 0. The first-order valence-corrected chi connectivity index (χ1v) is 4.20. The zero-order valence-corrected chi connectivity index (χ0v) is 13.5. The molecule has 0 atom stereocenters. The quantitative estimate of drug-likeness (QED) is 0.534. The number of hydrogen-bond acceptors (Lipinski definition) is 1. The van der Waals surface area contributed by atoms with E-state index in [1.807, 2.05) is 0 Å². The summed E-state index contributed by atoms with van der Waals surface area (Å²) < 4.78 is 0. The Kier molecular flexibility index (Phi) is 16.4. The van der Waals surface area contributed by atoms with Gasteiger partial charge in [0.25, 0.3) is 0 Å². The fourth-order valence-electron chi connectivity index (χ4n) is 1.41. The van der Waals surface area contributed by atoms with Gasteiger partial charge >= 0.3 is 0 Å². The maximum Gasteiger partial charge on any atom is 0.0319 e. The fourth-order valence-corrected chi connectivity index (χ4v) is 1.41. The Morgan fingerprint density at radius 3 is 1.40 bits per heavy atom. The molecule has 0 bridgehead atoms. The van der Waals surface area contributed by atoms with Crippen molar-refractivity contribution in [2.24, 2.45) is 5.41 Å². The molecule has 0 aromatic carbocycles. The molecule has 90 valence electrons. The molecule has 1 aliphatic carbocycles. The molecule has 0 saturated heterocycles. The molecule has 0 aromatic heterocycles. The molecule has 0 spiro atoms. The second kappa shape index (κ2) is 9.92. The van der Waals surface area contributed by atoms with Gasteiger partial charge in [-0.2, -0.15) is 11.1 Å². The van der Waals surface area contributed by atoms with E-state index in [1.54, 1.807) is 0 Å². The topological polar surface area (TPSA) is 20.2 Å². The summed E-state index contributed by atoms with van der Waals surface area (Å²) in [5.41, 5.74) is 4.39.